The fraction of sp³-hybridized carbons (Fsp3) is 0.769. The minimum atomic E-state index is -3.81. The first-order chi connectivity index (χ1) is 10.8. The summed E-state index contributed by atoms with van der Waals surface area (Å²) in [4.78, 5) is 11.9. The molecule has 0 saturated heterocycles. The Morgan fingerprint density at radius 2 is 1.22 bits per heavy atom. The lowest BCUT2D eigenvalue weighted by molar-refractivity contribution is 0.158. The van der Waals surface area contributed by atoms with E-state index >= 15 is 0 Å². The zero-order valence-electron chi connectivity index (χ0n) is 14.3. The summed E-state index contributed by atoms with van der Waals surface area (Å²) in [5.41, 5.74) is 0. The summed E-state index contributed by atoms with van der Waals surface area (Å²) < 4.78 is 38.5. The first kappa shape index (κ1) is 19.6. The molecule has 0 saturated carbocycles. The molecule has 1 rings (SSSR count). The Balaban J connectivity index is 3.09. The minimum absolute atomic E-state index is 0.000182. The highest BCUT2D eigenvalue weighted by Gasteiger charge is 2.30. The monoisotopic (exact) mass is 349 g/mol. The van der Waals surface area contributed by atoms with Gasteiger partial charge in [0.15, 0.2) is 0 Å². The lowest BCUT2D eigenvalue weighted by Crippen LogP contribution is -2.14. The van der Waals surface area contributed by atoms with Gasteiger partial charge in [-0.25, -0.2) is 4.57 Å². The quantitative estimate of drug-likeness (QED) is 0.590. The van der Waals surface area contributed by atoms with Gasteiger partial charge in [0, 0.05) is 0 Å². The van der Waals surface area contributed by atoms with Crippen LogP contribution in [-0.2, 0) is 13.6 Å². The predicted molar refractivity (Wildman–Crippen MR) is 82.8 cm³/mol. The van der Waals surface area contributed by atoms with Crippen molar-refractivity contribution >= 4 is 7.82 Å². The number of ether oxygens (including phenoxy) is 2. The van der Waals surface area contributed by atoms with Crippen LogP contribution in [0.3, 0.4) is 0 Å². The third-order valence-corrected chi connectivity index (χ3v) is 3.56. The molecular weight excluding hydrogens is 325 g/mol. The van der Waals surface area contributed by atoms with E-state index in [0.29, 0.717) is 0 Å². The third kappa shape index (κ3) is 7.11. The zero-order valence-corrected chi connectivity index (χ0v) is 15.2. The molecular formula is C13H24N3O6P. The lowest BCUT2D eigenvalue weighted by atomic mass is 10.5. The summed E-state index contributed by atoms with van der Waals surface area (Å²) in [6.07, 6.45) is -0.328. The number of aromatic nitrogens is 3. The van der Waals surface area contributed by atoms with E-state index in [0.717, 1.165) is 0 Å². The van der Waals surface area contributed by atoms with Crippen LogP contribution >= 0.6 is 7.82 Å². The molecule has 0 aromatic carbocycles. The summed E-state index contributed by atoms with van der Waals surface area (Å²) in [5, 5.41) is 0. The van der Waals surface area contributed by atoms with Gasteiger partial charge in [-0.3, -0.25) is 9.05 Å². The largest absolute Gasteiger partial charge is 0.532 e. The van der Waals surface area contributed by atoms with Crippen molar-refractivity contribution in [1.82, 2.24) is 15.0 Å². The molecule has 0 unspecified atom stereocenters. The van der Waals surface area contributed by atoms with Crippen molar-refractivity contribution < 1.29 is 27.6 Å². The van der Waals surface area contributed by atoms with Gasteiger partial charge in [-0.15, -0.1) is 15.0 Å². The van der Waals surface area contributed by atoms with Crippen molar-refractivity contribution in [2.24, 2.45) is 0 Å². The van der Waals surface area contributed by atoms with Crippen LogP contribution in [0.4, 0.5) is 0 Å². The van der Waals surface area contributed by atoms with Crippen LogP contribution in [0.5, 0.6) is 18.0 Å². The van der Waals surface area contributed by atoms with Gasteiger partial charge in [0.05, 0.1) is 25.4 Å². The Kier molecular flexibility index (Phi) is 7.67. The third-order valence-electron chi connectivity index (χ3n) is 2.02. The van der Waals surface area contributed by atoms with Crippen molar-refractivity contribution in [1.29, 1.82) is 0 Å². The molecule has 0 bridgehead atoms. The van der Waals surface area contributed by atoms with Gasteiger partial charge in [-0.05, 0) is 41.5 Å². The molecule has 0 atom stereocenters. The van der Waals surface area contributed by atoms with Crippen molar-refractivity contribution in [3.8, 4) is 18.0 Å². The van der Waals surface area contributed by atoms with Crippen molar-refractivity contribution in [2.75, 3.05) is 13.2 Å². The molecule has 23 heavy (non-hydrogen) atoms. The molecule has 0 radical (unpaired) electrons. The van der Waals surface area contributed by atoms with Crippen LogP contribution in [0.25, 0.3) is 0 Å². The molecule has 9 nitrogen and oxygen atoms in total. The van der Waals surface area contributed by atoms with Crippen LogP contribution in [0.15, 0.2) is 0 Å². The number of rotatable bonds is 10. The van der Waals surface area contributed by atoms with Crippen LogP contribution in [-0.4, -0.2) is 40.4 Å². The highest BCUT2D eigenvalue weighted by Crippen LogP contribution is 2.48. The average molecular weight is 349 g/mol. The van der Waals surface area contributed by atoms with E-state index < -0.39 is 7.82 Å². The molecule has 0 N–H and O–H groups in total. The normalized spacial score (nSPS) is 11.8. The standard InChI is InChI=1S/C13H24N3O6P/c1-7-18-23(17,19-8-2)22-13-15-11(20-9(3)4)14-12(16-13)21-10(5)6/h9-10H,7-8H2,1-6H3. The maximum absolute atomic E-state index is 12.4. The van der Waals surface area contributed by atoms with Crippen molar-refractivity contribution in [3.05, 3.63) is 0 Å². The molecule has 0 aliphatic heterocycles. The Morgan fingerprint density at radius 3 is 1.57 bits per heavy atom. The number of hydrogen-bond acceptors (Lipinski definition) is 9. The van der Waals surface area contributed by atoms with E-state index in [9.17, 15) is 4.57 Å². The van der Waals surface area contributed by atoms with Crippen LogP contribution in [0.1, 0.15) is 41.5 Å². The first-order valence-corrected chi connectivity index (χ1v) is 8.92. The second kappa shape index (κ2) is 9.00. The first-order valence-electron chi connectivity index (χ1n) is 7.46. The fourth-order valence-corrected chi connectivity index (χ4v) is 2.49. The van der Waals surface area contributed by atoms with Gasteiger partial charge in [-0.2, -0.15) is 0 Å². The van der Waals surface area contributed by atoms with E-state index in [1.54, 1.807) is 13.8 Å². The molecule has 0 amide bonds. The maximum atomic E-state index is 12.4. The molecule has 1 heterocycles. The van der Waals surface area contributed by atoms with E-state index in [1.165, 1.54) is 0 Å². The van der Waals surface area contributed by atoms with E-state index in [4.69, 9.17) is 23.0 Å². The Labute approximate surface area is 136 Å². The Morgan fingerprint density at radius 1 is 0.826 bits per heavy atom. The van der Waals surface area contributed by atoms with Crippen LogP contribution in [0, 0.1) is 0 Å². The minimum Gasteiger partial charge on any atom is -0.461 e. The van der Waals surface area contributed by atoms with Gasteiger partial charge in [0.25, 0.3) is 0 Å². The van der Waals surface area contributed by atoms with E-state index in [2.05, 4.69) is 15.0 Å². The Hall–Kier alpha value is -1.44. The van der Waals surface area contributed by atoms with Gasteiger partial charge in [0.1, 0.15) is 0 Å². The predicted octanol–water partition coefficient (Wildman–Crippen LogP) is 3.01. The number of nitrogens with zero attached hydrogens (tertiary/aromatic N) is 3. The van der Waals surface area contributed by atoms with E-state index in [1.807, 2.05) is 27.7 Å². The van der Waals surface area contributed by atoms with Gasteiger partial charge in [-0.1, -0.05) is 0 Å². The summed E-state index contributed by atoms with van der Waals surface area (Å²) in [7, 11) is -3.81. The van der Waals surface area contributed by atoms with Gasteiger partial charge >= 0.3 is 25.9 Å². The summed E-state index contributed by atoms with van der Waals surface area (Å²) in [5.74, 6) is 0. The van der Waals surface area contributed by atoms with Crippen molar-refractivity contribution in [3.63, 3.8) is 0 Å². The number of hydrogen-bond donors (Lipinski definition) is 0. The zero-order chi connectivity index (χ0) is 17.5. The van der Waals surface area contributed by atoms with Gasteiger partial charge in [0.2, 0.25) is 0 Å². The summed E-state index contributed by atoms with van der Waals surface area (Å²) in [6.45, 7) is 10.9. The summed E-state index contributed by atoms with van der Waals surface area (Å²) >= 11 is 0. The number of phosphoric acid groups is 1. The maximum Gasteiger partial charge on any atom is 0.532 e. The van der Waals surface area contributed by atoms with Crippen LogP contribution in [0.2, 0.25) is 0 Å². The topological polar surface area (TPSA) is 102 Å². The molecule has 1 aromatic rings. The van der Waals surface area contributed by atoms with Crippen LogP contribution < -0.4 is 14.0 Å². The molecule has 10 heteroatoms. The van der Waals surface area contributed by atoms with Crippen molar-refractivity contribution in [2.45, 2.75) is 53.8 Å². The molecule has 0 aliphatic carbocycles. The second-order valence-corrected chi connectivity index (χ2v) is 6.48. The highest BCUT2D eigenvalue weighted by atomic mass is 31.2. The number of phosphoric ester groups is 1. The molecule has 0 spiro atoms. The fourth-order valence-electron chi connectivity index (χ4n) is 1.39. The lowest BCUT2D eigenvalue weighted by Gasteiger charge is -2.17. The molecule has 132 valence electrons. The van der Waals surface area contributed by atoms with Gasteiger partial charge < -0.3 is 14.0 Å². The highest BCUT2D eigenvalue weighted by molar-refractivity contribution is 7.48. The SMILES string of the molecule is CCOP(=O)(OCC)Oc1nc(OC(C)C)nc(OC(C)C)n1. The Bertz CT molecular complexity index is 502. The molecule has 0 fully saturated rings. The molecule has 1 aromatic heterocycles. The van der Waals surface area contributed by atoms with E-state index in [-0.39, 0.29) is 43.5 Å². The second-order valence-electron chi connectivity index (χ2n) is 4.89. The molecule has 0 aliphatic rings. The smallest absolute Gasteiger partial charge is 0.461 e. The summed E-state index contributed by atoms with van der Waals surface area (Å²) in [6, 6.07) is -0.253. The average Bonchev–Trinajstić information content (AvgIpc) is 2.36.